The van der Waals surface area contributed by atoms with Crippen molar-refractivity contribution in [1.82, 2.24) is 15.1 Å². The van der Waals surface area contributed by atoms with Crippen molar-refractivity contribution < 1.29 is 9.59 Å². The van der Waals surface area contributed by atoms with Crippen LogP contribution in [0.5, 0.6) is 0 Å². The first kappa shape index (κ1) is 23.1. The lowest BCUT2D eigenvalue weighted by Crippen LogP contribution is -2.46. The number of piperazine rings is 1. The lowest BCUT2D eigenvalue weighted by atomic mass is 10.2. The molecule has 1 fully saturated rings. The highest BCUT2D eigenvalue weighted by Crippen LogP contribution is 2.38. The van der Waals surface area contributed by atoms with E-state index in [1.807, 2.05) is 6.07 Å². The molecule has 2 aromatic carbocycles. The van der Waals surface area contributed by atoms with Crippen LogP contribution in [-0.2, 0) is 16.1 Å². The number of anilines is 1. The molecule has 1 saturated heterocycles. The van der Waals surface area contributed by atoms with Gasteiger partial charge in [0.25, 0.3) is 0 Å². The zero-order valence-electron chi connectivity index (χ0n) is 18.1. The largest absolute Gasteiger partial charge is 0.356 e. The smallest absolute Gasteiger partial charge is 0.238 e. The minimum absolute atomic E-state index is 0.0808. The number of rotatable bonds is 8. The van der Waals surface area contributed by atoms with Crippen molar-refractivity contribution in [2.75, 3.05) is 44.6 Å². The summed E-state index contributed by atoms with van der Waals surface area (Å²) in [6.07, 6.45) is 1.09. The Morgan fingerprint density at radius 3 is 2.62 bits per heavy atom. The normalized spacial score (nSPS) is 19.3. The first-order chi connectivity index (χ1) is 15.6. The fourth-order valence-electron chi connectivity index (χ4n) is 4.04. The van der Waals surface area contributed by atoms with E-state index in [1.165, 1.54) is 17.3 Å². The second-order valence-electron chi connectivity index (χ2n) is 8.25. The molecule has 2 aliphatic rings. The lowest BCUT2D eigenvalue weighted by Gasteiger charge is -2.34. The van der Waals surface area contributed by atoms with Crippen molar-refractivity contribution in [2.24, 2.45) is 0 Å². The molecule has 2 aliphatic heterocycles. The molecule has 2 amide bonds. The number of nitrogens with one attached hydrogen (secondary N) is 2. The van der Waals surface area contributed by atoms with Gasteiger partial charge in [-0.25, -0.2) is 0 Å². The quantitative estimate of drug-likeness (QED) is 0.576. The molecule has 6 nitrogen and oxygen atoms in total. The van der Waals surface area contributed by atoms with Crippen molar-refractivity contribution in [3.05, 3.63) is 59.1 Å². The highest BCUT2D eigenvalue weighted by molar-refractivity contribution is 8.01. The highest BCUT2D eigenvalue weighted by atomic mass is 35.5. The third-order valence-corrected chi connectivity index (χ3v) is 7.33. The molecular weight excluding hydrogens is 444 g/mol. The Hall–Kier alpha value is -2.06. The van der Waals surface area contributed by atoms with E-state index in [0.717, 1.165) is 50.6 Å². The molecule has 1 unspecified atom stereocenters. The standard InChI is InChI=1S/C24H29ClN4O2S/c25-19-7-8-21-20(15-19)27-24(31)22(32-21)16-23(30)26-9-4-10-28-11-13-29(14-12-28)17-18-5-2-1-3-6-18/h1-3,5-8,15,22H,4,9-14,16-17H2,(H,26,30)(H,27,31). The molecular formula is C24H29ClN4O2S. The van der Waals surface area contributed by atoms with Gasteiger partial charge in [0.05, 0.1) is 10.9 Å². The van der Waals surface area contributed by atoms with Gasteiger partial charge in [-0.3, -0.25) is 14.5 Å². The Bertz CT molecular complexity index is 935. The fraction of sp³-hybridized carbons (Fsp3) is 0.417. The minimum Gasteiger partial charge on any atom is -0.356 e. The van der Waals surface area contributed by atoms with Crippen LogP contribution in [0.25, 0.3) is 0 Å². The molecule has 8 heteroatoms. The van der Waals surface area contributed by atoms with E-state index in [4.69, 9.17) is 11.6 Å². The third kappa shape index (κ3) is 6.48. The van der Waals surface area contributed by atoms with Crippen molar-refractivity contribution in [1.29, 1.82) is 0 Å². The lowest BCUT2D eigenvalue weighted by molar-refractivity contribution is -0.124. The van der Waals surface area contributed by atoms with E-state index < -0.39 is 5.25 Å². The van der Waals surface area contributed by atoms with E-state index >= 15 is 0 Å². The van der Waals surface area contributed by atoms with Gasteiger partial charge < -0.3 is 15.5 Å². The predicted molar refractivity (Wildman–Crippen MR) is 130 cm³/mol. The van der Waals surface area contributed by atoms with Crippen molar-refractivity contribution >= 4 is 40.9 Å². The number of nitrogens with zero attached hydrogens (tertiary/aromatic N) is 2. The number of halogens is 1. The number of amides is 2. The van der Waals surface area contributed by atoms with Crippen LogP contribution in [0.15, 0.2) is 53.4 Å². The summed E-state index contributed by atoms with van der Waals surface area (Å²) in [5.41, 5.74) is 2.08. The van der Waals surface area contributed by atoms with Crippen LogP contribution < -0.4 is 10.6 Å². The topological polar surface area (TPSA) is 64.7 Å². The molecule has 0 spiro atoms. The number of hydrogen-bond acceptors (Lipinski definition) is 5. The van der Waals surface area contributed by atoms with Crippen LogP contribution in [0.3, 0.4) is 0 Å². The van der Waals surface area contributed by atoms with Gasteiger partial charge in [0.1, 0.15) is 0 Å². The Morgan fingerprint density at radius 2 is 1.84 bits per heavy atom. The first-order valence-corrected chi connectivity index (χ1v) is 12.3. The summed E-state index contributed by atoms with van der Waals surface area (Å²) < 4.78 is 0. The van der Waals surface area contributed by atoms with Gasteiger partial charge in [0, 0.05) is 55.6 Å². The fourth-order valence-corrected chi connectivity index (χ4v) is 5.30. The van der Waals surface area contributed by atoms with Gasteiger partial charge in [-0.05, 0) is 36.7 Å². The molecule has 2 N–H and O–H groups in total. The van der Waals surface area contributed by atoms with E-state index in [-0.39, 0.29) is 18.2 Å². The SMILES string of the molecule is O=C(CC1Sc2ccc(Cl)cc2NC1=O)NCCCN1CCN(Cc2ccccc2)CC1. The third-order valence-electron chi connectivity index (χ3n) is 5.82. The van der Waals surface area contributed by atoms with Crippen LogP contribution in [0.2, 0.25) is 5.02 Å². The number of fused-ring (bicyclic) bond motifs is 1. The number of hydrogen-bond donors (Lipinski definition) is 2. The molecule has 0 aromatic heterocycles. The average Bonchev–Trinajstić information content (AvgIpc) is 2.79. The van der Waals surface area contributed by atoms with Gasteiger partial charge in [-0.15, -0.1) is 11.8 Å². The van der Waals surface area contributed by atoms with Crippen molar-refractivity contribution in [2.45, 2.75) is 29.5 Å². The second-order valence-corrected chi connectivity index (χ2v) is 9.93. The van der Waals surface area contributed by atoms with E-state index in [2.05, 4.69) is 50.8 Å². The monoisotopic (exact) mass is 472 g/mol. The van der Waals surface area contributed by atoms with Gasteiger partial charge in [-0.1, -0.05) is 41.9 Å². The minimum atomic E-state index is -0.415. The first-order valence-electron chi connectivity index (χ1n) is 11.1. The maximum atomic E-state index is 12.3. The maximum Gasteiger partial charge on any atom is 0.238 e. The van der Waals surface area contributed by atoms with E-state index in [9.17, 15) is 9.59 Å². The molecule has 1 atom stereocenters. The molecule has 0 saturated carbocycles. The summed E-state index contributed by atoms with van der Waals surface area (Å²) in [6, 6.07) is 16.0. The van der Waals surface area contributed by atoms with Crippen molar-refractivity contribution in [3.8, 4) is 0 Å². The van der Waals surface area contributed by atoms with Gasteiger partial charge in [0.15, 0.2) is 0 Å². The van der Waals surface area contributed by atoms with Crippen LogP contribution in [0.4, 0.5) is 5.69 Å². The zero-order chi connectivity index (χ0) is 22.3. The summed E-state index contributed by atoms with van der Waals surface area (Å²) in [7, 11) is 0. The number of benzene rings is 2. The summed E-state index contributed by atoms with van der Waals surface area (Å²) in [4.78, 5) is 30.6. The second kappa shape index (κ2) is 11.2. The van der Waals surface area contributed by atoms with E-state index in [1.54, 1.807) is 12.1 Å². The Kier molecular flexibility index (Phi) is 8.08. The average molecular weight is 473 g/mol. The maximum absolute atomic E-state index is 12.3. The number of carbonyl (C=O) groups excluding carboxylic acids is 2. The molecule has 0 radical (unpaired) electrons. The van der Waals surface area contributed by atoms with Gasteiger partial charge in [0.2, 0.25) is 11.8 Å². The van der Waals surface area contributed by atoms with Gasteiger partial charge in [-0.2, -0.15) is 0 Å². The molecule has 4 rings (SSSR count). The van der Waals surface area contributed by atoms with Crippen LogP contribution in [0.1, 0.15) is 18.4 Å². The van der Waals surface area contributed by atoms with Crippen molar-refractivity contribution in [3.63, 3.8) is 0 Å². The van der Waals surface area contributed by atoms with E-state index in [0.29, 0.717) is 17.3 Å². The number of thioether (sulfide) groups is 1. The summed E-state index contributed by atoms with van der Waals surface area (Å²) in [5, 5.41) is 5.99. The molecule has 0 bridgehead atoms. The number of carbonyl (C=O) groups is 2. The summed E-state index contributed by atoms with van der Waals surface area (Å²) in [5.74, 6) is -0.226. The van der Waals surface area contributed by atoms with Gasteiger partial charge >= 0.3 is 0 Å². The van der Waals surface area contributed by atoms with Crippen LogP contribution in [0, 0.1) is 0 Å². The highest BCUT2D eigenvalue weighted by Gasteiger charge is 2.29. The Morgan fingerprint density at radius 1 is 1.09 bits per heavy atom. The zero-order valence-corrected chi connectivity index (χ0v) is 19.6. The molecule has 2 aromatic rings. The molecule has 32 heavy (non-hydrogen) atoms. The van der Waals surface area contributed by atoms with Crippen LogP contribution >= 0.6 is 23.4 Å². The molecule has 170 valence electrons. The Balaban J connectivity index is 1.11. The molecule has 0 aliphatic carbocycles. The molecule has 2 heterocycles. The summed E-state index contributed by atoms with van der Waals surface area (Å²) >= 11 is 7.40. The predicted octanol–water partition coefficient (Wildman–Crippen LogP) is 3.47. The van der Waals surface area contributed by atoms with Crippen LogP contribution in [-0.4, -0.2) is 66.1 Å². The Labute approximate surface area is 198 Å². The summed E-state index contributed by atoms with van der Waals surface area (Å²) in [6.45, 7) is 6.88.